The highest BCUT2D eigenvalue weighted by atomic mass is 32.1. The first-order chi connectivity index (χ1) is 15.0. The van der Waals surface area contributed by atoms with E-state index in [9.17, 15) is 4.79 Å². The number of rotatable bonds is 4. The summed E-state index contributed by atoms with van der Waals surface area (Å²) in [5.41, 5.74) is 4.36. The Morgan fingerprint density at radius 1 is 1.13 bits per heavy atom. The highest BCUT2D eigenvalue weighted by molar-refractivity contribution is 7.17. The van der Waals surface area contributed by atoms with Gasteiger partial charge in [-0.1, -0.05) is 43.3 Å². The number of thiophene rings is 1. The Balaban J connectivity index is 1.48. The molecule has 3 heterocycles. The van der Waals surface area contributed by atoms with E-state index < -0.39 is 0 Å². The molecule has 5 rings (SSSR count). The number of carbonyl (C=O) groups excluding carboxylic acids is 1. The number of aryl methyl sites for hydroxylation is 1. The quantitative estimate of drug-likeness (QED) is 0.426. The summed E-state index contributed by atoms with van der Waals surface area (Å²) in [5, 5.41) is 7.12. The van der Waals surface area contributed by atoms with Crippen molar-refractivity contribution in [1.29, 1.82) is 0 Å². The molecule has 0 bridgehead atoms. The van der Waals surface area contributed by atoms with Crippen LogP contribution in [0.25, 0.3) is 21.9 Å². The average molecular weight is 432 g/mol. The Hall–Kier alpha value is -3.45. The number of amides is 1. The van der Waals surface area contributed by atoms with Gasteiger partial charge in [0.2, 0.25) is 0 Å². The Morgan fingerprint density at radius 2 is 1.94 bits per heavy atom. The lowest BCUT2D eigenvalue weighted by Gasteiger charge is -2.16. The molecule has 0 saturated heterocycles. The fourth-order valence-electron chi connectivity index (χ4n) is 3.58. The molecule has 1 aliphatic heterocycles. The fraction of sp³-hybridized carbons (Fsp3) is 0.208. The van der Waals surface area contributed by atoms with Gasteiger partial charge in [-0.3, -0.25) is 4.79 Å². The Labute approximate surface area is 183 Å². The number of hydrogen-bond donors (Lipinski definition) is 1. The van der Waals surface area contributed by atoms with Crippen LogP contribution < -0.4 is 10.1 Å². The molecule has 0 atom stereocenters. The normalized spacial score (nSPS) is 12.3. The zero-order valence-corrected chi connectivity index (χ0v) is 18.2. The lowest BCUT2D eigenvalue weighted by molar-refractivity contribution is 0.103. The van der Waals surface area contributed by atoms with E-state index in [0.717, 1.165) is 27.3 Å². The monoisotopic (exact) mass is 431 g/mol. The van der Waals surface area contributed by atoms with Crippen molar-refractivity contribution in [3.8, 4) is 27.6 Å². The molecule has 2 aromatic carbocycles. The number of fused-ring (bicyclic) bond motifs is 3. The van der Waals surface area contributed by atoms with E-state index in [1.165, 1.54) is 11.3 Å². The minimum absolute atomic E-state index is 0.155. The Kier molecular flexibility index (Phi) is 4.82. The van der Waals surface area contributed by atoms with Gasteiger partial charge >= 0.3 is 0 Å². The molecule has 1 amide bonds. The molecular formula is C24H21N3O3S. The molecule has 7 heteroatoms. The predicted molar refractivity (Wildman–Crippen MR) is 121 cm³/mol. The second kappa shape index (κ2) is 7.67. The largest absolute Gasteiger partial charge is 0.488 e. The van der Waals surface area contributed by atoms with E-state index in [2.05, 4.69) is 15.5 Å². The number of para-hydroxylation sites is 2. The molecule has 0 aliphatic carbocycles. The maximum atomic E-state index is 13.2. The third kappa shape index (κ3) is 3.51. The lowest BCUT2D eigenvalue weighted by Crippen LogP contribution is -2.12. The summed E-state index contributed by atoms with van der Waals surface area (Å²) in [6.07, 6.45) is 0. The van der Waals surface area contributed by atoms with Crippen LogP contribution in [0.2, 0.25) is 0 Å². The molecule has 0 saturated carbocycles. The molecule has 0 radical (unpaired) electrons. The van der Waals surface area contributed by atoms with Gasteiger partial charge in [0.05, 0.1) is 16.1 Å². The van der Waals surface area contributed by atoms with Crippen molar-refractivity contribution in [2.24, 2.45) is 0 Å². The predicted octanol–water partition coefficient (Wildman–Crippen LogP) is 6.04. The van der Waals surface area contributed by atoms with Crippen LogP contribution in [-0.2, 0) is 6.61 Å². The minimum Gasteiger partial charge on any atom is -0.488 e. The lowest BCUT2D eigenvalue weighted by atomic mass is 10.1. The maximum absolute atomic E-state index is 13.2. The van der Waals surface area contributed by atoms with Crippen molar-refractivity contribution in [1.82, 2.24) is 10.1 Å². The first kappa shape index (κ1) is 19.5. The van der Waals surface area contributed by atoms with E-state index in [1.807, 2.05) is 69.3 Å². The number of nitrogens with one attached hydrogen (secondary N) is 1. The summed E-state index contributed by atoms with van der Waals surface area (Å²) in [6, 6.07) is 15.6. The van der Waals surface area contributed by atoms with Crippen LogP contribution in [0.1, 0.15) is 46.4 Å². The molecule has 2 aromatic heterocycles. The van der Waals surface area contributed by atoms with Gasteiger partial charge < -0.3 is 14.6 Å². The smallest absolute Gasteiger partial charge is 0.265 e. The van der Waals surface area contributed by atoms with Gasteiger partial charge in [-0.15, -0.1) is 11.3 Å². The van der Waals surface area contributed by atoms with E-state index in [0.29, 0.717) is 34.4 Å². The fourth-order valence-corrected chi connectivity index (χ4v) is 4.67. The first-order valence-electron chi connectivity index (χ1n) is 10.1. The first-order valence-corrected chi connectivity index (χ1v) is 10.9. The van der Waals surface area contributed by atoms with Gasteiger partial charge in [0.15, 0.2) is 5.82 Å². The second-order valence-corrected chi connectivity index (χ2v) is 8.87. The van der Waals surface area contributed by atoms with Crippen molar-refractivity contribution in [3.63, 3.8) is 0 Å². The molecule has 0 spiro atoms. The van der Waals surface area contributed by atoms with Crippen molar-refractivity contribution in [2.45, 2.75) is 33.3 Å². The molecule has 31 heavy (non-hydrogen) atoms. The average Bonchev–Trinajstić information content (AvgIpc) is 3.43. The third-order valence-electron chi connectivity index (χ3n) is 5.25. The number of hydrogen-bond acceptors (Lipinski definition) is 6. The second-order valence-electron chi connectivity index (χ2n) is 7.81. The van der Waals surface area contributed by atoms with Crippen LogP contribution >= 0.6 is 11.3 Å². The summed E-state index contributed by atoms with van der Waals surface area (Å²) in [6.45, 7) is 6.43. The van der Waals surface area contributed by atoms with Gasteiger partial charge in [0.1, 0.15) is 12.4 Å². The Morgan fingerprint density at radius 3 is 2.74 bits per heavy atom. The van der Waals surface area contributed by atoms with Gasteiger partial charge in [-0.05, 0) is 36.8 Å². The minimum atomic E-state index is -0.170. The third-order valence-corrected chi connectivity index (χ3v) is 6.46. The number of anilines is 1. The van der Waals surface area contributed by atoms with Crippen molar-refractivity contribution >= 4 is 22.9 Å². The number of benzene rings is 2. The number of aromatic nitrogens is 2. The summed E-state index contributed by atoms with van der Waals surface area (Å²) >= 11 is 1.48. The molecular weight excluding hydrogens is 410 g/mol. The van der Waals surface area contributed by atoms with E-state index in [1.54, 1.807) is 0 Å². The molecule has 156 valence electrons. The van der Waals surface area contributed by atoms with E-state index in [-0.39, 0.29) is 11.8 Å². The number of nitrogens with zero attached hydrogens (tertiary/aromatic N) is 2. The Bertz CT molecular complexity index is 1290. The van der Waals surface area contributed by atoms with E-state index in [4.69, 9.17) is 9.26 Å². The van der Waals surface area contributed by atoms with Crippen LogP contribution in [0.5, 0.6) is 5.75 Å². The van der Waals surface area contributed by atoms with Crippen LogP contribution in [-0.4, -0.2) is 16.0 Å². The van der Waals surface area contributed by atoms with Crippen LogP contribution in [0.15, 0.2) is 53.1 Å². The maximum Gasteiger partial charge on any atom is 0.265 e. The highest BCUT2D eigenvalue weighted by Gasteiger charge is 2.24. The van der Waals surface area contributed by atoms with Crippen LogP contribution in [0, 0.1) is 6.92 Å². The van der Waals surface area contributed by atoms with Crippen molar-refractivity contribution in [2.75, 3.05) is 5.32 Å². The molecule has 0 fully saturated rings. The topological polar surface area (TPSA) is 77.3 Å². The SMILES string of the molecule is Cc1cccc(-c2nc(C(C)C)no2)c1NC(=O)c1cc2c(s1)-c1ccccc1OC2. The molecule has 6 nitrogen and oxygen atoms in total. The number of carbonyl (C=O) groups is 1. The van der Waals surface area contributed by atoms with Gasteiger partial charge in [-0.2, -0.15) is 4.98 Å². The summed E-state index contributed by atoms with van der Waals surface area (Å²) < 4.78 is 11.3. The zero-order chi connectivity index (χ0) is 21.5. The number of ether oxygens (including phenoxy) is 1. The standard InChI is InChI=1S/C24H21N3O3S/c1-13(2)22-26-24(30-27-22)17-9-6-7-14(3)20(17)25-23(28)19-11-15-12-29-18-10-5-4-8-16(18)21(15)31-19/h4-11,13H,12H2,1-3H3,(H,25,28). The van der Waals surface area contributed by atoms with Crippen LogP contribution in [0.3, 0.4) is 0 Å². The van der Waals surface area contributed by atoms with Gasteiger partial charge in [0, 0.05) is 21.9 Å². The summed E-state index contributed by atoms with van der Waals surface area (Å²) in [5.74, 6) is 1.87. The summed E-state index contributed by atoms with van der Waals surface area (Å²) in [4.78, 5) is 19.4. The van der Waals surface area contributed by atoms with E-state index >= 15 is 0 Å². The molecule has 4 aromatic rings. The van der Waals surface area contributed by atoms with Crippen molar-refractivity contribution < 1.29 is 14.1 Å². The molecule has 1 N–H and O–H groups in total. The van der Waals surface area contributed by atoms with Gasteiger partial charge in [-0.25, -0.2) is 0 Å². The summed E-state index contributed by atoms with van der Waals surface area (Å²) in [7, 11) is 0. The van der Waals surface area contributed by atoms with Crippen molar-refractivity contribution in [3.05, 3.63) is 70.4 Å². The molecule has 1 aliphatic rings. The zero-order valence-electron chi connectivity index (χ0n) is 17.4. The van der Waals surface area contributed by atoms with Gasteiger partial charge in [0.25, 0.3) is 11.8 Å². The molecule has 0 unspecified atom stereocenters. The van der Waals surface area contributed by atoms with Crippen LogP contribution in [0.4, 0.5) is 5.69 Å². The highest BCUT2D eigenvalue weighted by Crippen LogP contribution is 2.42.